The first-order valence-corrected chi connectivity index (χ1v) is 7.20. The third-order valence-electron chi connectivity index (χ3n) is 2.13. The summed E-state index contributed by atoms with van der Waals surface area (Å²) in [6.45, 7) is 4.65. The van der Waals surface area contributed by atoms with Gasteiger partial charge in [0, 0.05) is 25.4 Å². The van der Waals surface area contributed by atoms with Crippen molar-refractivity contribution in [3.05, 3.63) is 28.7 Å². The van der Waals surface area contributed by atoms with Crippen LogP contribution in [0.5, 0.6) is 0 Å². The second-order valence-corrected chi connectivity index (χ2v) is 5.83. The van der Waals surface area contributed by atoms with Crippen LogP contribution in [0.2, 0.25) is 0 Å². The van der Waals surface area contributed by atoms with Crippen LogP contribution in [0.3, 0.4) is 0 Å². The minimum absolute atomic E-state index is 0.0480. The van der Waals surface area contributed by atoms with Crippen LogP contribution in [0, 0.1) is 0 Å². The van der Waals surface area contributed by atoms with E-state index >= 15 is 0 Å². The molecule has 1 aromatic rings. The Morgan fingerprint density at radius 2 is 2.11 bits per heavy atom. The van der Waals surface area contributed by atoms with Gasteiger partial charge in [0.2, 0.25) is 15.6 Å². The van der Waals surface area contributed by atoms with Crippen molar-refractivity contribution in [2.45, 2.75) is 31.3 Å². The molecule has 0 fully saturated rings. The Kier molecular flexibility index (Phi) is 5.52. The lowest BCUT2D eigenvalue weighted by Gasteiger charge is -2.08. The summed E-state index contributed by atoms with van der Waals surface area (Å²) in [5, 5.41) is 0. The number of hydrogen-bond acceptors (Lipinski definition) is 4. The molecule has 0 aliphatic heterocycles. The van der Waals surface area contributed by atoms with Crippen molar-refractivity contribution >= 4 is 10.0 Å². The fourth-order valence-electron chi connectivity index (χ4n) is 1.24. The molecular weight excluding hydrogens is 256 g/mol. The fraction of sp³-hybridized carbons (Fsp3) is 0.545. The molecule has 0 spiro atoms. The van der Waals surface area contributed by atoms with E-state index < -0.39 is 10.0 Å². The molecule has 0 saturated heterocycles. The van der Waals surface area contributed by atoms with E-state index in [0.29, 0.717) is 19.6 Å². The van der Waals surface area contributed by atoms with Crippen LogP contribution in [0.25, 0.3) is 0 Å². The third kappa shape index (κ3) is 4.99. The Hall–Kier alpha value is -1.18. The van der Waals surface area contributed by atoms with Crippen LogP contribution in [0.15, 0.2) is 28.0 Å². The number of aromatic nitrogens is 1. The standard InChI is InChI=1S/C11H18N2O4S/c1-9(2)17-7-3-6-13-18(15,16)10-4-5-11(14)12-8-10/h4-5,8-9,13H,3,6-7H2,1-2H3,(H,12,14). The van der Waals surface area contributed by atoms with Crippen LogP contribution in [-0.2, 0) is 14.8 Å². The summed E-state index contributed by atoms with van der Waals surface area (Å²) in [7, 11) is -3.55. The lowest BCUT2D eigenvalue weighted by Crippen LogP contribution is -2.26. The molecule has 1 rings (SSSR count). The molecule has 1 heterocycles. The van der Waals surface area contributed by atoms with Crippen LogP contribution in [-0.4, -0.2) is 32.7 Å². The van der Waals surface area contributed by atoms with Crippen molar-refractivity contribution in [3.63, 3.8) is 0 Å². The summed E-state index contributed by atoms with van der Waals surface area (Å²) in [4.78, 5) is 13.2. The monoisotopic (exact) mass is 274 g/mol. The lowest BCUT2D eigenvalue weighted by atomic mass is 10.4. The van der Waals surface area contributed by atoms with Gasteiger partial charge in [0.1, 0.15) is 0 Å². The molecule has 0 atom stereocenters. The zero-order valence-electron chi connectivity index (χ0n) is 10.5. The average Bonchev–Trinajstić information content (AvgIpc) is 2.28. The molecule has 0 unspecified atom stereocenters. The van der Waals surface area contributed by atoms with Crippen LogP contribution in [0.4, 0.5) is 0 Å². The molecule has 0 aromatic carbocycles. The van der Waals surface area contributed by atoms with Gasteiger partial charge in [-0.05, 0) is 26.3 Å². The summed E-state index contributed by atoms with van der Waals surface area (Å²) in [5.74, 6) is 0. The van der Waals surface area contributed by atoms with Gasteiger partial charge < -0.3 is 9.72 Å². The zero-order valence-corrected chi connectivity index (χ0v) is 11.3. The van der Waals surface area contributed by atoms with Crippen LogP contribution < -0.4 is 10.3 Å². The normalized spacial score (nSPS) is 11.9. The highest BCUT2D eigenvalue weighted by atomic mass is 32.2. The molecule has 0 aliphatic rings. The van der Waals surface area contributed by atoms with Crippen molar-refractivity contribution in [1.82, 2.24) is 9.71 Å². The van der Waals surface area contributed by atoms with Gasteiger partial charge in [-0.2, -0.15) is 0 Å². The molecule has 0 amide bonds. The maximum Gasteiger partial charge on any atom is 0.247 e. The van der Waals surface area contributed by atoms with E-state index in [0.717, 1.165) is 0 Å². The Morgan fingerprint density at radius 3 is 2.67 bits per heavy atom. The second kappa shape index (κ2) is 6.67. The minimum Gasteiger partial charge on any atom is -0.379 e. The van der Waals surface area contributed by atoms with Gasteiger partial charge in [-0.3, -0.25) is 4.79 Å². The zero-order chi connectivity index (χ0) is 13.6. The predicted octanol–water partition coefficient (Wildman–Crippen LogP) is 0.468. The Labute approximate surface area is 106 Å². The van der Waals surface area contributed by atoms with Gasteiger partial charge in [0.25, 0.3) is 0 Å². The Morgan fingerprint density at radius 1 is 1.39 bits per heavy atom. The maximum absolute atomic E-state index is 11.8. The number of nitrogens with one attached hydrogen (secondary N) is 2. The summed E-state index contributed by atoms with van der Waals surface area (Å²) in [5.41, 5.74) is -0.334. The van der Waals surface area contributed by atoms with Crippen molar-refractivity contribution in [2.24, 2.45) is 0 Å². The van der Waals surface area contributed by atoms with Crippen molar-refractivity contribution in [1.29, 1.82) is 0 Å². The molecule has 18 heavy (non-hydrogen) atoms. The van der Waals surface area contributed by atoms with Crippen LogP contribution in [0.1, 0.15) is 20.3 Å². The van der Waals surface area contributed by atoms with Gasteiger partial charge in [-0.25, -0.2) is 13.1 Å². The first kappa shape index (κ1) is 14.9. The second-order valence-electron chi connectivity index (χ2n) is 4.06. The van der Waals surface area contributed by atoms with Gasteiger partial charge in [0.05, 0.1) is 11.0 Å². The minimum atomic E-state index is -3.55. The molecule has 1 aromatic heterocycles. The first-order chi connectivity index (χ1) is 8.42. The van der Waals surface area contributed by atoms with Gasteiger partial charge >= 0.3 is 0 Å². The van der Waals surface area contributed by atoms with E-state index in [1.54, 1.807) is 0 Å². The number of aromatic amines is 1. The van der Waals surface area contributed by atoms with E-state index in [1.807, 2.05) is 13.8 Å². The topological polar surface area (TPSA) is 88.3 Å². The molecule has 7 heteroatoms. The Bertz CT molecular complexity index is 502. The number of sulfonamides is 1. The average molecular weight is 274 g/mol. The van der Waals surface area contributed by atoms with Gasteiger partial charge in [-0.15, -0.1) is 0 Å². The molecule has 6 nitrogen and oxygen atoms in total. The third-order valence-corrected chi connectivity index (χ3v) is 3.59. The van der Waals surface area contributed by atoms with E-state index in [-0.39, 0.29) is 16.6 Å². The molecule has 0 aliphatic carbocycles. The highest BCUT2D eigenvalue weighted by Crippen LogP contribution is 2.03. The Balaban J connectivity index is 2.45. The summed E-state index contributed by atoms with van der Waals surface area (Å²) in [6, 6.07) is 2.45. The highest BCUT2D eigenvalue weighted by Gasteiger charge is 2.12. The van der Waals surface area contributed by atoms with Crippen LogP contribution >= 0.6 is 0 Å². The van der Waals surface area contributed by atoms with Gasteiger partial charge in [0.15, 0.2) is 0 Å². The summed E-state index contributed by atoms with van der Waals surface area (Å²) >= 11 is 0. The maximum atomic E-state index is 11.8. The highest BCUT2D eigenvalue weighted by molar-refractivity contribution is 7.89. The lowest BCUT2D eigenvalue weighted by molar-refractivity contribution is 0.0778. The number of pyridine rings is 1. The van der Waals surface area contributed by atoms with E-state index in [1.165, 1.54) is 18.3 Å². The largest absolute Gasteiger partial charge is 0.379 e. The van der Waals surface area contributed by atoms with E-state index in [4.69, 9.17) is 4.74 Å². The smallest absolute Gasteiger partial charge is 0.247 e. The number of H-pyrrole nitrogens is 1. The van der Waals surface area contributed by atoms with Crippen molar-refractivity contribution in [2.75, 3.05) is 13.2 Å². The van der Waals surface area contributed by atoms with Gasteiger partial charge in [-0.1, -0.05) is 0 Å². The number of hydrogen-bond donors (Lipinski definition) is 2. The molecular formula is C11H18N2O4S. The molecule has 2 N–H and O–H groups in total. The molecule has 0 radical (unpaired) electrons. The fourth-order valence-corrected chi connectivity index (χ4v) is 2.29. The summed E-state index contributed by atoms with van der Waals surface area (Å²) in [6.07, 6.45) is 1.91. The number of ether oxygens (including phenoxy) is 1. The quantitative estimate of drug-likeness (QED) is 0.707. The molecule has 0 saturated carbocycles. The molecule has 0 bridgehead atoms. The van der Waals surface area contributed by atoms with E-state index in [2.05, 4.69) is 9.71 Å². The predicted molar refractivity (Wildman–Crippen MR) is 68.0 cm³/mol. The van der Waals surface area contributed by atoms with Crippen molar-refractivity contribution in [3.8, 4) is 0 Å². The summed E-state index contributed by atoms with van der Waals surface area (Å²) < 4.78 is 31.3. The van der Waals surface area contributed by atoms with Crippen molar-refractivity contribution < 1.29 is 13.2 Å². The number of rotatable bonds is 7. The SMILES string of the molecule is CC(C)OCCCNS(=O)(=O)c1ccc(=O)[nH]c1. The first-order valence-electron chi connectivity index (χ1n) is 5.72. The van der Waals surface area contributed by atoms with E-state index in [9.17, 15) is 13.2 Å². The molecule has 102 valence electrons.